The molecule has 1 aromatic rings. The number of hydrogen-bond donors (Lipinski definition) is 3. The Morgan fingerprint density at radius 2 is 2.03 bits per heavy atom. The molecule has 2 aliphatic rings. The largest absolute Gasteiger partial charge is 0.394 e. The first-order valence-electron chi connectivity index (χ1n) is 10.2. The Balaban J connectivity index is 1.66. The van der Waals surface area contributed by atoms with Crippen LogP contribution in [0.4, 0.5) is 5.69 Å². The summed E-state index contributed by atoms with van der Waals surface area (Å²) in [6.45, 7) is 1.44. The van der Waals surface area contributed by atoms with Gasteiger partial charge in [0.05, 0.1) is 25.4 Å². The van der Waals surface area contributed by atoms with Gasteiger partial charge in [-0.1, -0.05) is 0 Å². The number of aliphatic hydroxyl groups is 2. The van der Waals surface area contributed by atoms with Crippen molar-refractivity contribution in [3.63, 3.8) is 0 Å². The lowest BCUT2D eigenvalue weighted by Gasteiger charge is -2.34. The zero-order valence-corrected chi connectivity index (χ0v) is 17.5. The number of amides is 1. The lowest BCUT2D eigenvalue weighted by molar-refractivity contribution is -0.0209. The molecule has 0 radical (unpaired) electrons. The molecule has 8 heteroatoms. The first kappa shape index (κ1) is 22.0. The zero-order valence-electron chi connectivity index (χ0n) is 17.5. The summed E-state index contributed by atoms with van der Waals surface area (Å²) in [4.78, 5) is 16.8. The lowest BCUT2D eigenvalue weighted by Crippen LogP contribution is -2.53. The van der Waals surface area contributed by atoms with Crippen LogP contribution in [0.1, 0.15) is 23.2 Å². The molecule has 2 saturated heterocycles. The van der Waals surface area contributed by atoms with Crippen LogP contribution < -0.4 is 10.2 Å². The van der Waals surface area contributed by atoms with E-state index in [1.165, 1.54) is 0 Å². The van der Waals surface area contributed by atoms with Gasteiger partial charge >= 0.3 is 0 Å². The molecule has 0 saturated carbocycles. The SMILES string of the molecule is COC[C@H]1CCCN1[C@@H]1[C@H](O)[C@H](CO)O[C@H]1CNC(=O)c1ccc(N(C)C)cc1. The minimum atomic E-state index is -0.807. The van der Waals surface area contributed by atoms with Crippen LogP contribution in [0.3, 0.4) is 0 Å². The number of rotatable bonds is 8. The Kier molecular flexibility index (Phi) is 7.48. The van der Waals surface area contributed by atoms with E-state index in [1.54, 1.807) is 19.2 Å². The van der Waals surface area contributed by atoms with Gasteiger partial charge in [-0.25, -0.2) is 0 Å². The smallest absolute Gasteiger partial charge is 0.251 e. The number of aliphatic hydroxyl groups excluding tert-OH is 2. The van der Waals surface area contributed by atoms with Crippen LogP contribution in [0.25, 0.3) is 0 Å². The highest BCUT2D eigenvalue weighted by Gasteiger charge is 2.48. The molecule has 0 unspecified atom stereocenters. The van der Waals surface area contributed by atoms with E-state index >= 15 is 0 Å². The summed E-state index contributed by atoms with van der Waals surface area (Å²) < 4.78 is 11.2. The second kappa shape index (κ2) is 9.86. The number of ether oxygens (including phenoxy) is 2. The third kappa shape index (κ3) is 4.90. The molecule has 29 heavy (non-hydrogen) atoms. The monoisotopic (exact) mass is 407 g/mol. The molecule has 5 atom stereocenters. The number of carbonyl (C=O) groups is 1. The van der Waals surface area contributed by atoms with Crippen LogP contribution in [-0.4, -0.2) is 98.9 Å². The van der Waals surface area contributed by atoms with Gasteiger partial charge in [-0.2, -0.15) is 0 Å². The number of likely N-dealkylation sites (tertiary alicyclic amines) is 1. The average Bonchev–Trinajstić information content (AvgIpc) is 3.29. The normalized spacial score (nSPS) is 29.9. The van der Waals surface area contributed by atoms with Gasteiger partial charge in [0.2, 0.25) is 0 Å². The number of methoxy groups -OCH3 is 1. The van der Waals surface area contributed by atoms with Gasteiger partial charge in [0, 0.05) is 45.0 Å². The Morgan fingerprint density at radius 3 is 2.66 bits per heavy atom. The van der Waals surface area contributed by atoms with E-state index < -0.39 is 18.3 Å². The lowest BCUT2D eigenvalue weighted by atomic mass is 10.0. The zero-order chi connectivity index (χ0) is 21.0. The van der Waals surface area contributed by atoms with Crippen LogP contribution >= 0.6 is 0 Å². The van der Waals surface area contributed by atoms with E-state index in [4.69, 9.17) is 9.47 Å². The molecular formula is C21H33N3O5. The predicted molar refractivity (Wildman–Crippen MR) is 110 cm³/mol. The minimum absolute atomic E-state index is 0.186. The molecule has 1 aromatic carbocycles. The Bertz CT molecular complexity index is 669. The van der Waals surface area contributed by atoms with Crippen molar-refractivity contribution in [3.8, 4) is 0 Å². The summed E-state index contributed by atoms with van der Waals surface area (Å²) in [6, 6.07) is 7.30. The van der Waals surface area contributed by atoms with E-state index in [0.717, 1.165) is 25.1 Å². The molecule has 0 aliphatic carbocycles. The number of anilines is 1. The molecule has 1 amide bonds. The molecule has 0 bridgehead atoms. The van der Waals surface area contributed by atoms with Crippen molar-refractivity contribution in [2.75, 3.05) is 52.4 Å². The number of hydrogen-bond acceptors (Lipinski definition) is 7. The summed E-state index contributed by atoms with van der Waals surface area (Å²) >= 11 is 0. The van der Waals surface area contributed by atoms with Gasteiger partial charge in [0.25, 0.3) is 5.91 Å². The van der Waals surface area contributed by atoms with Gasteiger partial charge in [0.15, 0.2) is 0 Å². The molecular weight excluding hydrogens is 374 g/mol. The summed E-state index contributed by atoms with van der Waals surface area (Å²) in [5.74, 6) is -0.186. The van der Waals surface area contributed by atoms with Gasteiger partial charge in [-0.3, -0.25) is 9.69 Å². The topological polar surface area (TPSA) is 94.5 Å². The highest BCUT2D eigenvalue weighted by Crippen LogP contribution is 2.31. The standard InChI is InChI=1S/C21H33N3O5/c1-23(2)15-8-6-14(7-9-15)21(27)22-11-17-19(20(26)18(12-25)29-17)24-10-4-5-16(24)13-28-3/h6-9,16-20,25-26H,4-5,10-13H2,1-3H3,(H,22,27)/t16-,17+,18+,19+,20-/m1/s1. The first-order chi connectivity index (χ1) is 14.0. The summed E-state index contributed by atoms with van der Waals surface area (Å²) in [7, 11) is 5.57. The number of carbonyl (C=O) groups excluding carboxylic acids is 1. The third-order valence-electron chi connectivity index (χ3n) is 5.92. The number of benzene rings is 1. The van der Waals surface area contributed by atoms with Crippen molar-refractivity contribution in [2.45, 2.75) is 43.2 Å². The maximum Gasteiger partial charge on any atom is 0.251 e. The van der Waals surface area contributed by atoms with Crippen LogP contribution in [0, 0.1) is 0 Å². The maximum absolute atomic E-state index is 12.6. The summed E-state index contributed by atoms with van der Waals surface area (Å²) in [6.07, 6.45) is 0.171. The molecule has 0 spiro atoms. The molecule has 3 N–H and O–H groups in total. The predicted octanol–water partition coefficient (Wildman–Crippen LogP) is 0.0824. The quantitative estimate of drug-likeness (QED) is 0.562. The van der Waals surface area contributed by atoms with Crippen LogP contribution in [0.15, 0.2) is 24.3 Å². The van der Waals surface area contributed by atoms with Crippen molar-refractivity contribution in [1.82, 2.24) is 10.2 Å². The van der Waals surface area contributed by atoms with Crippen LogP contribution in [0.2, 0.25) is 0 Å². The van der Waals surface area contributed by atoms with Gasteiger partial charge in [-0.15, -0.1) is 0 Å². The third-order valence-corrected chi connectivity index (χ3v) is 5.92. The molecule has 2 aliphatic heterocycles. The van der Waals surface area contributed by atoms with Crippen molar-refractivity contribution >= 4 is 11.6 Å². The average molecular weight is 408 g/mol. The van der Waals surface area contributed by atoms with Crippen molar-refractivity contribution in [1.29, 1.82) is 0 Å². The molecule has 2 heterocycles. The van der Waals surface area contributed by atoms with E-state index in [-0.39, 0.29) is 31.1 Å². The second-order valence-electron chi connectivity index (χ2n) is 8.02. The van der Waals surface area contributed by atoms with Crippen LogP contribution in [0.5, 0.6) is 0 Å². The Labute approximate surface area is 172 Å². The highest BCUT2D eigenvalue weighted by atomic mass is 16.5. The number of nitrogens with zero attached hydrogens (tertiary/aromatic N) is 2. The van der Waals surface area contributed by atoms with Crippen molar-refractivity contribution in [2.24, 2.45) is 0 Å². The molecule has 162 valence electrons. The highest BCUT2D eigenvalue weighted by molar-refractivity contribution is 5.94. The van der Waals surface area contributed by atoms with E-state index in [2.05, 4.69) is 10.2 Å². The van der Waals surface area contributed by atoms with Gasteiger partial charge < -0.3 is 29.9 Å². The van der Waals surface area contributed by atoms with Crippen molar-refractivity contribution < 1.29 is 24.5 Å². The molecule has 0 aromatic heterocycles. The van der Waals surface area contributed by atoms with E-state index in [1.807, 2.05) is 31.1 Å². The second-order valence-corrected chi connectivity index (χ2v) is 8.02. The fourth-order valence-corrected chi connectivity index (χ4v) is 4.38. The summed E-state index contributed by atoms with van der Waals surface area (Å²) in [5, 5.41) is 23.3. The molecule has 2 fully saturated rings. The fourth-order valence-electron chi connectivity index (χ4n) is 4.38. The maximum atomic E-state index is 12.6. The molecule has 8 nitrogen and oxygen atoms in total. The van der Waals surface area contributed by atoms with E-state index in [9.17, 15) is 15.0 Å². The minimum Gasteiger partial charge on any atom is -0.394 e. The first-order valence-corrected chi connectivity index (χ1v) is 10.2. The van der Waals surface area contributed by atoms with Gasteiger partial charge in [-0.05, 0) is 43.7 Å². The van der Waals surface area contributed by atoms with Crippen molar-refractivity contribution in [3.05, 3.63) is 29.8 Å². The van der Waals surface area contributed by atoms with Gasteiger partial charge in [0.1, 0.15) is 12.2 Å². The Morgan fingerprint density at radius 1 is 1.31 bits per heavy atom. The summed E-state index contributed by atoms with van der Waals surface area (Å²) in [5.41, 5.74) is 1.59. The van der Waals surface area contributed by atoms with E-state index in [0.29, 0.717) is 12.2 Å². The Hall–Kier alpha value is -1.71. The van der Waals surface area contributed by atoms with Crippen LogP contribution in [-0.2, 0) is 9.47 Å². The number of nitrogens with one attached hydrogen (secondary N) is 1. The molecule has 3 rings (SSSR count). The fraction of sp³-hybridized carbons (Fsp3) is 0.667.